The van der Waals surface area contributed by atoms with Gasteiger partial charge in [-0.1, -0.05) is 27.3 Å². The van der Waals surface area contributed by atoms with Crippen molar-refractivity contribution in [2.45, 2.75) is 116 Å². The van der Waals surface area contributed by atoms with E-state index < -0.39 is 33.2 Å². The number of hydrogen-bond acceptors (Lipinski definition) is 6. The second-order valence-electron chi connectivity index (χ2n) is 15.4. The van der Waals surface area contributed by atoms with E-state index in [0.717, 1.165) is 19.9 Å². The first kappa shape index (κ1) is 32.5. The van der Waals surface area contributed by atoms with Crippen LogP contribution < -0.4 is 0 Å². The van der Waals surface area contributed by atoms with Gasteiger partial charge in [0, 0.05) is 27.5 Å². The zero-order valence-corrected chi connectivity index (χ0v) is 28.4. The Hall–Kier alpha value is -3.91. The average molecular weight is 612 g/mol. The summed E-state index contributed by atoms with van der Waals surface area (Å²) in [6, 6.07) is 12.3. The van der Waals surface area contributed by atoms with Gasteiger partial charge in [-0.3, -0.25) is 14.7 Å². The summed E-state index contributed by atoms with van der Waals surface area (Å²) in [5.74, 6) is 6.95. The molecule has 0 amide bonds. The molecule has 10 nitrogen and oxygen atoms in total. The lowest BCUT2D eigenvalue weighted by Gasteiger charge is -2.35. The summed E-state index contributed by atoms with van der Waals surface area (Å²) in [5.41, 5.74) is -1.83. The number of rotatable bonds is 3. The lowest BCUT2D eigenvalue weighted by Crippen LogP contribution is -2.53. The average Bonchev–Trinajstić information content (AvgIpc) is 3.28. The molecule has 3 aliphatic rings. The van der Waals surface area contributed by atoms with E-state index in [-0.39, 0.29) is 17.5 Å². The van der Waals surface area contributed by atoms with Crippen LogP contribution in [-0.2, 0) is 15.6 Å². The van der Waals surface area contributed by atoms with Crippen LogP contribution in [0.1, 0.15) is 111 Å². The molecule has 2 aromatic rings. The first-order chi connectivity index (χ1) is 20.5. The molecule has 0 saturated carbocycles. The van der Waals surface area contributed by atoms with Crippen LogP contribution >= 0.6 is 0 Å². The molecule has 0 bridgehead atoms. The first-order valence-electron chi connectivity index (χ1n) is 15.2. The summed E-state index contributed by atoms with van der Waals surface area (Å²) in [4.78, 5) is 9.59. The maximum absolute atomic E-state index is 13.5. The van der Waals surface area contributed by atoms with E-state index in [9.17, 15) is 20.8 Å². The Morgan fingerprint density at radius 3 is 1.36 bits per heavy atom. The molecule has 237 valence electrons. The van der Waals surface area contributed by atoms with Gasteiger partial charge in [-0.25, -0.2) is 0 Å². The summed E-state index contributed by atoms with van der Waals surface area (Å²) in [5, 5.41) is 55.8. The zero-order valence-electron chi connectivity index (χ0n) is 28.4. The number of hydrogen-bond donors (Lipinski definition) is 0. The fraction of sp³-hybridized carbons (Fsp3) is 0.514. The first-order valence-corrected chi connectivity index (χ1v) is 15.2. The Morgan fingerprint density at radius 1 is 0.578 bits per heavy atom. The molecule has 0 N–H and O–H groups in total. The Labute approximate surface area is 266 Å². The van der Waals surface area contributed by atoms with Crippen molar-refractivity contribution in [2.24, 2.45) is 9.98 Å². The van der Waals surface area contributed by atoms with E-state index in [1.165, 1.54) is 0 Å². The van der Waals surface area contributed by atoms with Gasteiger partial charge in [0.2, 0.25) is 0 Å². The fourth-order valence-electron chi connectivity index (χ4n) is 5.43. The van der Waals surface area contributed by atoms with Crippen molar-refractivity contribution in [1.29, 1.82) is 0 Å². The highest BCUT2D eigenvalue weighted by atomic mass is 16.5. The third-order valence-corrected chi connectivity index (χ3v) is 11.0. The molecule has 45 heavy (non-hydrogen) atoms. The van der Waals surface area contributed by atoms with Gasteiger partial charge in [0.15, 0.2) is 17.2 Å². The molecular formula is C35H43N6O4. The van der Waals surface area contributed by atoms with E-state index in [1.807, 2.05) is 55.4 Å². The van der Waals surface area contributed by atoms with Crippen molar-refractivity contribution in [3.63, 3.8) is 0 Å². The molecule has 0 aliphatic carbocycles. The molecule has 3 radical (unpaired) electrons. The monoisotopic (exact) mass is 611 g/mol. The highest BCUT2D eigenvalue weighted by Crippen LogP contribution is 2.41. The van der Waals surface area contributed by atoms with Gasteiger partial charge < -0.3 is 5.21 Å². The second kappa shape index (κ2) is 9.79. The van der Waals surface area contributed by atoms with E-state index in [2.05, 4.69) is 11.8 Å². The Balaban J connectivity index is 1.57. The van der Waals surface area contributed by atoms with E-state index in [4.69, 9.17) is 9.98 Å². The van der Waals surface area contributed by atoms with Crippen LogP contribution in [-0.4, -0.2) is 70.7 Å². The van der Waals surface area contributed by atoms with Crippen molar-refractivity contribution >= 4 is 17.5 Å². The van der Waals surface area contributed by atoms with Crippen molar-refractivity contribution in [3.05, 3.63) is 75.5 Å². The summed E-state index contributed by atoms with van der Waals surface area (Å²) in [7, 11) is 0. The Bertz CT molecular complexity index is 1650. The number of hydroxylamine groups is 7. The summed E-state index contributed by atoms with van der Waals surface area (Å²) in [6.07, 6.45) is 0. The van der Waals surface area contributed by atoms with Gasteiger partial charge in [0.25, 0.3) is 0 Å². The predicted octanol–water partition coefficient (Wildman–Crippen LogP) is 5.49. The third-order valence-electron chi connectivity index (χ3n) is 11.0. The minimum Gasteiger partial charge on any atom is -0.714 e. The second-order valence-corrected chi connectivity index (χ2v) is 15.4. The molecule has 0 aromatic heterocycles. The van der Waals surface area contributed by atoms with E-state index in [1.54, 1.807) is 70.2 Å². The van der Waals surface area contributed by atoms with Crippen molar-refractivity contribution in [3.8, 4) is 11.8 Å². The number of nitrogens with zero attached hydrogens (tertiary/aromatic N) is 6. The van der Waals surface area contributed by atoms with Crippen LogP contribution in [0, 0.1) is 17.0 Å². The molecule has 5 rings (SSSR count). The summed E-state index contributed by atoms with van der Waals surface area (Å²) in [6.45, 7) is 22.2. The van der Waals surface area contributed by atoms with Gasteiger partial charge in [-0.15, -0.1) is 0 Å². The fourth-order valence-corrected chi connectivity index (χ4v) is 5.43. The highest BCUT2D eigenvalue weighted by Gasteiger charge is 2.60. The Kier molecular flexibility index (Phi) is 7.07. The molecule has 0 saturated heterocycles. The van der Waals surface area contributed by atoms with Gasteiger partial charge in [0.05, 0.1) is 27.7 Å². The SMILES string of the molecule is CC1(C)N=C(c2cc(C#Cc3ccc(C4=[N+]([O-])C(C)(C)C(C)(C)N4[O])cc3)cc(C3=NC(C)(C)C(C)(C)N3[O])c2)N([O])C1(C)C. The molecule has 2 aromatic carbocycles. The van der Waals surface area contributed by atoms with Crippen molar-refractivity contribution in [2.75, 3.05) is 0 Å². The molecule has 3 heterocycles. The van der Waals surface area contributed by atoms with Crippen LogP contribution in [0.2, 0.25) is 0 Å². The van der Waals surface area contributed by atoms with Crippen molar-refractivity contribution in [1.82, 2.24) is 15.2 Å². The van der Waals surface area contributed by atoms with Gasteiger partial charge in [-0.2, -0.15) is 10.1 Å². The van der Waals surface area contributed by atoms with Crippen molar-refractivity contribution < 1.29 is 20.4 Å². The van der Waals surface area contributed by atoms with Crippen LogP contribution in [0.3, 0.4) is 0 Å². The molecule has 0 unspecified atom stereocenters. The standard InChI is InChI=1S/C35H43N6O4/c1-30(2)32(5,6)38(42)27(36-30)25-19-23(20-26(21-25)28-37-31(3,4)33(7,8)39(28)43)14-13-22-15-17-24(18-16-22)29-40(44)34(9,10)35(11,12)41(29)45/h15-21H,1-12H3. The third kappa shape index (κ3) is 4.63. The minimum atomic E-state index is -0.910. The normalized spacial score (nSPS) is 23.6. The number of benzene rings is 2. The van der Waals surface area contributed by atoms with Crippen LogP contribution in [0.15, 0.2) is 52.4 Å². The lowest BCUT2D eigenvalue weighted by atomic mass is 9.84. The number of aliphatic imine (C=N–C) groups is 2. The van der Waals surface area contributed by atoms with Crippen LogP contribution in [0.4, 0.5) is 0 Å². The van der Waals surface area contributed by atoms with Gasteiger partial charge in [0.1, 0.15) is 5.54 Å². The smallest absolute Gasteiger partial charge is 0.316 e. The Morgan fingerprint density at radius 2 is 1.00 bits per heavy atom. The lowest BCUT2D eigenvalue weighted by molar-refractivity contribution is -0.539. The van der Waals surface area contributed by atoms with Crippen LogP contribution in [0.5, 0.6) is 0 Å². The molecule has 10 heteroatoms. The highest BCUT2D eigenvalue weighted by molar-refractivity contribution is 6.06. The van der Waals surface area contributed by atoms with E-state index in [0.29, 0.717) is 27.8 Å². The molecule has 0 spiro atoms. The maximum atomic E-state index is 13.5. The summed E-state index contributed by atoms with van der Waals surface area (Å²) >= 11 is 0. The zero-order chi connectivity index (χ0) is 33.7. The topological polar surface area (TPSA) is 120 Å². The van der Waals surface area contributed by atoms with Gasteiger partial charge >= 0.3 is 5.84 Å². The van der Waals surface area contributed by atoms with E-state index >= 15 is 0 Å². The van der Waals surface area contributed by atoms with Crippen LogP contribution in [0.25, 0.3) is 0 Å². The predicted molar refractivity (Wildman–Crippen MR) is 172 cm³/mol. The van der Waals surface area contributed by atoms with Gasteiger partial charge in [-0.05, 0) is 126 Å². The maximum Gasteiger partial charge on any atom is 0.316 e. The number of amidine groups is 3. The molecule has 0 atom stereocenters. The minimum absolute atomic E-state index is 0.0672. The summed E-state index contributed by atoms with van der Waals surface area (Å²) < 4.78 is 0.787. The molecule has 0 fully saturated rings. The molecule has 3 aliphatic heterocycles. The quantitative estimate of drug-likeness (QED) is 0.259. The molecular weight excluding hydrogens is 568 g/mol. The largest absolute Gasteiger partial charge is 0.714 e.